The summed E-state index contributed by atoms with van der Waals surface area (Å²) in [6.07, 6.45) is 15.9. The maximum absolute atomic E-state index is 12.4. The van der Waals surface area contributed by atoms with E-state index in [1.54, 1.807) is 0 Å². The van der Waals surface area contributed by atoms with Crippen LogP contribution < -0.4 is 21.2 Å². The van der Waals surface area contributed by atoms with Crippen LogP contribution >= 0.6 is 7.26 Å². The largest absolute Gasteiger partial charge is 0.394 e. The first-order valence-electron chi connectivity index (χ1n) is 18.8. The van der Waals surface area contributed by atoms with Gasteiger partial charge in [-0.3, -0.25) is 14.9 Å². The second-order valence-electron chi connectivity index (χ2n) is 13.5. The summed E-state index contributed by atoms with van der Waals surface area (Å²) in [6.45, 7) is -0.427. The topological polar surface area (TPSA) is 113 Å². The molecule has 4 aromatic carbocycles. The van der Waals surface area contributed by atoms with Crippen LogP contribution in [0.2, 0.25) is 0 Å². The second-order valence-corrected chi connectivity index (χ2v) is 17.2. The van der Waals surface area contributed by atoms with E-state index in [4.69, 9.17) is 0 Å². The van der Waals surface area contributed by atoms with E-state index in [1.807, 2.05) is 0 Å². The number of rotatable bonds is 24. The number of benzene rings is 4. The normalized spacial score (nSPS) is 12.7. The smallest absolute Gasteiger partial charge is 0.269 e. The summed E-state index contributed by atoms with van der Waals surface area (Å²) in [4.78, 5) is 22.7. The number of carbonyl (C=O) groups is 1. The standard InChI is InChI=1S/C43H55N2O5P/c46-35-41(43(48)36-30-32-37(33-31-36)45(49)50)44-42(47)29-21-10-8-6-4-2-1-3-5-7-9-11-22-34-51(38-23-15-12-16-24-38,39-25-17-13-18-26-39)40-27-19-14-20-28-40/h12-20,23-28,30-33,41,43,46,48H,1-11,21-22,29,34-35H2/p+1/t41-,43-/m1/s1. The minimum absolute atomic E-state index is 0.0805. The highest BCUT2D eigenvalue weighted by molar-refractivity contribution is 7.95. The minimum atomic E-state index is -1.72. The third-order valence-electron chi connectivity index (χ3n) is 9.86. The lowest BCUT2D eigenvalue weighted by Gasteiger charge is -2.27. The number of hydrogen-bond donors (Lipinski definition) is 3. The van der Waals surface area contributed by atoms with Crippen molar-refractivity contribution in [3.05, 3.63) is 131 Å². The number of nitro groups is 1. The van der Waals surface area contributed by atoms with Crippen molar-refractivity contribution in [1.82, 2.24) is 5.32 Å². The molecule has 0 aliphatic rings. The van der Waals surface area contributed by atoms with Crippen molar-refractivity contribution in [3.63, 3.8) is 0 Å². The van der Waals surface area contributed by atoms with Gasteiger partial charge in [0.05, 0.1) is 23.7 Å². The summed E-state index contributed by atoms with van der Waals surface area (Å²) in [6, 6.07) is 38.2. The molecule has 4 rings (SSSR count). The van der Waals surface area contributed by atoms with E-state index < -0.39 is 30.9 Å². The number of nitrogens with zero attached hydrogens (tertiary/aromatic N) is 1. The van der Waals surface area contributed by atoms with Gasteiger partial charge in [0.25, 0.3) is 5.69 Å². The van der Waals surface area contributed by atoms with Gasteiger partial charge in [0.2, 0.25) is 5.91 Å². The molecule has 0 bridgehead atoms. The van der Waals surface area contributed by atoms with Crippen molar-refractivity contribution >= 4 is 34.8 Å². The van der Waals surface area contributed by atoms with E-state index in [-0.39, 0.29) is 11.6 Å². The molecule has 0 saturated heterocycles. The Labute approximate surface area is 305 Å². The van der Waals surface area contributed by atoms with Crippen LogP contribution in [0.1, 0.15) is 102 Å². The zero-order valence-corrected chi connectivity index (χ0v) is 30.8. The maximum atomic E-state index is 12.4. The first-order valence-corrected chi connectivity index (χ1v) is 20.8. The molecule has 0 aromatic heterocycles. The Hall–Kier alpha value is -3.90. The third-order valence-corrected chi connectivity index (χ3v) is 14.4. The van der Waals surface area contributed by atoms with Crippen molar-refractivity contribution in [2.75, 3.05) is 12.8 Å². The maximum Gasteiger partial charge on any atom is 0.269 e. The van der Waals surface area contributed by atoms with Gasteiger partial charge in [-0.25, -0.2) is 0 Å². The number of aliphatic hydroxyl groups excluding tert-OH is 2. The zero-order chi connectivity index (χ0) is 36.2. The number of carbonyl (C=O) groups excluding carboxylic acids is 1. The van der Waals surface area contributed by atoms with Gasteiger partial charge in [-0.2, -0.15) is 0 Å². The van der Waals surface area contributed by atoms with Crippen LogP contribution in [0.5, 0.6) is 0 Å². The van der Waals surface area contributed by atoms with Crippen LogP contribution in [0.4, 0.5) is 5.69 Å². The number of aliphatic hydroxyl groups is 2. The number of amides is 1. The van der Waals surface area contributed by atoms with Crippen LogP contribution in [-0.4, -0.2) is 39.9 Å². The molecular formula is C43H56N2O5P+. The van der Waals surface area contributed by atoms with Crippen molar-refractivity contribution < 1.29 is 19.9 Å². The predicted octanol–water partition coefficient (Wildman–Crippen LogP) is 8.56. The second kappa shape index (κ2) is 22.1. The molecule has 0 spiro atoms. The Morgan fingerprint density at radius 1 is 0.608 bits per heavy atom. The number of nitro benzene ring substituents is 1. The molecule has 51 heavy (non-hydrogen) atoms. The third kappa shape index (κ3) is 12.4. The van der Waals surface area contributed by atoms with Gasteiger partial charge in [0.15, 0.2) is 0 Å². The van der Waals surface area contributed by atoms with E-state index in [0.717, 1.165) is 19.3 Å². The predicted molar refractivity (Wildman–Crippen MR) is 212 cm³/mol. The van der Waals surface area contributed by atoms with Gasteiger partial charge < -0.3 is 15.5 Å². The zero-order valence-electron chi connectivity index (χ0n) is 30.0. The molecular weight excluding hydrogens is 655 g/mol. The highest BCUT2D eigenvalue weighted by Crippen LogP contribution is 2.56. The SMILES string of the molecule is O=C(CCCCCCCCCCCCCCC[P+](c1ccccc1)(c1ccccc1)c1ccccc1)N[C@H](CO)[C@H](O)c1ccc([N+](=O)[O-])cc1. The Morgan fingerprint density at radius 2 is 1.00 bits per heavy atom. The molecule has 0 saturated carbocycles. The first-order chi connectivity index (χ1) is 25.0. The van der Waals surface area contributed by atoms with Gasteiger partial charge in [-0.15, -0.1) is 0 Å². The number of non-ortho nitro benzene ring substituents is 1. The van der Waals surface area contributed by atoms with Gasteiger partial charge in [-0.05, 0) is 73.4 Å². The molecule has 0 unspecified atom stereocenters. The summed E-state index contributed by atoms with van der Waals surface area (Å²) in [5.41, 5.74) is 0.327. The Bertz CT molecular complexity index is 1460. The molecule has 8 heteroatoms. The van der Waals surface area contributed by atoms with Gasteiger partial charge >= 0.3 is 0 Å². The Kier molecular flexibility index (Phi) is 17.3. The molecule has 0 radical (unpaired) electrons. The first kappa shape index (κ1) is 39.9. The van der Waals surface area contributed by atoms with Crippen LogP contribution in [0.3, 0.4) is 0 Å². The molecule has 7 nitrogen and oxygen atoms in total. The van der Waals surface area contributed by atoms with E-state index in [2.05, 4.69) is 96.3 Å². The monoisotopic (exact) mass is 711 g/mol. The summed E-state index contributed by atoms with van der Waals surface area (Å²) in [7, 11) is -1.72. The van der Waals surface area contributed by atoms with Crippen molar-refractivity contribution in [3.8, 4) is 0 Å². The summed E-state index contributed by atoms with van der Waals surface area (Å²) in [5, 5.41) is 38.2. The Balaban J connectivity index is 1.05. The molecule has 272 valence electrons. The fourth-order valence-corrected chi connectivity index (χ4v) is 11.4. The fourth-order valence-electron chi connectivity index (χ4n) is 6.99. The van der Waals surface area contributed by atoms with Crippen molar-refractivity contribution in [2.24, 2.45) is 0 Å². The fraction of sp³-hybridized carbons (Fsp3) is 0.419. The summed E-state index contributed by atoms with van der Waals surface area (Å²) >= 11 is 0. The van der Waals surface area contributed by atoms with E-state index in [9.17, 15) is 25.1 Å². The molecule has 0 aliphatic heterocycles. The number of nitrogens with one attached hydrogen (secondary N) is 1. The highest BCUT2D eigenvalue weighted by atomic mass is 31.2. The van der Waals surface area contributed by atoms with E-state index >= 15 is 0 Å². The van der Waals surface area contributed by atoms with Crippen LogP contribution in [0.15, 0.2) is 115 Å². The molecule has 0 heterocycles. The van der Waals surface area contributed by atoms with Gasteiger partial charge in [-0.1, -0.05) is 119 Å². The van der Waals surface area contributed by atoms with Crippen molar-refractivity contribution in [2.45, 2.75) is 102 Å². The number of hydrogen-bond acceptors (Lipinski definition) is 5. The van der Waals surface area contributed by atoms with Crippen LogP contribution in [0, 0.1) is 10.1 Å². The van der Waals surface area contributed by atoms with E-state index in [0.29, 0.717) is 12.0 Å². The Morgan fingerprint density at radius 3 is 1.39 bits per heavy atom. The average Bonchev–Trinajstić information content (AvgIpc) is 3.17. The molecule has 1 amide bonds. The van der Waals surface area contributed by atoms with Crippen molar-refractivity contribution in [1.29, 1.82) is 0 Å². The molecule has 3 N–H and O–H groups in total. The van der Waals surface area contributed by atoms with Gasteiger partial charge in [0, 0.05) is 18.6 Å². The van der Waals surface area contributed by atoms with Crippen LogP contribution in [-0.2, 0) is 4.79 Å². The molecule has 0 fully saturated rings. The lowest BCUT2D eigenvalue weighted by atomic mass is 10.0. The highest BCUT2D eigenvalue weighted by Gasteiger charge is 2.44. The minimum Gasteiger partial charge on any atom is -0.394 e. The summed E-state index contributed by atoms with van der Waals surface area (Å²) in [5.74, 6) is -0.209. The van der Waals surface area contributed by atoms with Gasteiger partial charge in [0.1, 0.15) is 29.3 Å². The average molecular weight is 712 g/mol. The lowest BCUT2D eigenvalue weighted by molar-refractivity contribution is -0.384. The molecule has 2 atom stereocenters. The quantitative estimate of drug-likeness (QED) is 0.0292. The van der Waals surface area contributed by atoms with E-state index in [1.165, 1.54) is 111 Å². The lowest BCUT2D eigenvalue weighted by Crippen LogP contribution is -2.41. The van der Waals surface area contributed by atoms with Crippen LogP contribution in [0.25, 0.3) is 0 Å². The summed E-state index contributed by atoms with van der Waals surface area (Å²) < 4.78 is 0. The molecule has 0 aliphatic carbocycles. The molecule has 4 aromatic rings. The number of unbranched alkanes of at least 4 members (excludes halogenated alkanes) is 12.